The van der Waals surface area contributed by atoms with E-state index in [1.807, 2.05) is 53.3 Å². The molecule has 0 saturated carbocycles. The van der Waals surface area contributed by atoms with Crippen LogP contribution in [0.25, 0.3) is 5.69 Å². The standard InChI is InChI=1S/C22H25N5O.HI/c1-3-15-28-21-8-5-4-7-19(21)17-25-22(23-2)24-16-18-9-11-20(12-10-18)27-14-6-13-26-27;/h3-14H,1,15-17H2,2H3,(H2,23,24,25);1H. The second kappa shape index (κ2) is 11.9. The van der Waals surface area contributed by atoms with Crippen LogP contribution in [-0.2, 0) is 13.1 Å². The van der Waals surface area contributed by atoms with Gasteiger partial charge in [-0.25, -0.2) is 4.68 Å². The molecule has 6 nitrogen and oxygen atoms in total. The van der Waals surface area contributed by atoms with Crippen LogP contribution in [0, 0.1) is 0 Å². The molecule has 0 spiro atoms. The van der Waals surface area contributed by atoms with Gasteiger partial charge in [-0.2, -0.15) is 5.10 Å². The maximum Gasteiger partial charge on any atom is 0.191 e. The molecule has 0 saturated heterocycles. The summed E-state index contributed by atoms with van der Waals surface area (Å²) >= 11 is 0. The third-order valence-electron chi connectivity index (χ3n) is 4.16. The van der Waals surface area contributed by atoms with Crippen LogP contribution in [-0.4, -0.2) is 29.4 Å². The normalized spacial score (nSPS) is 10.7. The summed E-state index contributed by atoms with van der Waals surface area (Å²) in [5.41, 5.74) is 3.26. The number of para-hydroxylation sites is 1. The first-order valence-electron chi connectivity index (χ1n) is 9.15. The summed E-state index contributed by atoms with van der Waals surface area (Å²) in [7, 11) is 1.76. The number of aliphatic imine (C=N–C) groups is 1. The highest BCUT2D eigenvalue weighted by Gasteiger charge is 2.04. The van der Waals surface area contributed by atoms with Gasteiger partial charge in [0.15, 0.2) is 5.96 Å². The minimum absolute atomic E-state index is 0. The van der Waals surface area contributed by atoms with Crippen LogP contribution in [0.1, 0.15) is 11.1 Å². The SMILES string of the molecule is C=CCOc1ccccc1CNC(=NC)NCc1ccc(-n2cccn2)cc1.I. The molecule has 3 rings (SSSR count). The molecular formula is C22H26IN5O. The fourth-order valence-electron chi connectivity index (χ4n) is 2.71. The van der Waals surface area contributed by atoms with Gasteiger partial charge in [0.05, 0.1) is 5.69 Å². The third-order valence-corrected chi connectivity index (χ3v) is 4.16. The predicted molar refractivity (Wildman–Crippen MR) is 128 cm³/mol. The highest BCUT2D eigenvalue weighted by molar-refractivity contribution is 14.0. The lowest BCUT2D eigenvalue weighted by molar-refractivity contribution is 0.358. The van der Waals surface area contributed by atoms with Crippen LogP contribution in [0.5, 0.6) is 5.75 Å². The van der Waals surface area contributed by atoms with Crippen LogP contribution < -0.4 is 15.4 Å². The topological polar surface area (TPSA) is 63.5 Å². The molecule has 0 fully saturated rings. The van der Waals surface area contributed by atoms with Gasteiger partial charge in [-0.1, -0.05) is 43.0 Å². The molecule has 0 aliphatic carbocycles. The summed E-state index contributed by atoms with van der Waals surface area (Å²) in [6.45, 7) is 5.47. The molecule has 1 heterocycles. The quantitative estimate of drug-likeness (QED) is 0.212. The Kier molecular flexibility index (Phi) is 9.23. The van der Waals surface area contributed by atoms with Gasteiger partial charge in [0.2, 0.25) is 0 Å². The number of nitrogens with one attached hydrogen (secondary N) is 2. The second-order valence-electron chi connectivity index (χ2n) is 6.10. The van der Waals surface area contributed by atoms with Gasteiger partial charge in [0.1, 0.15) is 12.4 Å². The van der Waals surface area contributed by atoms with Crippen LogP contribution >= 0.6 is 24.0 Å². The number of aromatic nitrogens is 2. The minimum Gasteiger partial charge on any atom is -0.489 e. The average molecular weight is 503 g/mol. The zero-order chi connectivity index (χ0) is 19.6. The highest BCUT2D eigenvalue weighted by Crippen LogP contribution is 2.17. The van der Waals surface area contributed by atoms with Crippen molar-refractivity contribution >= 4 is 29.9 Å². The van der Waals surface area contributed by atoms with Crippen molar-refractivity contribution in [2.75, 3.05) is 13.7 Å². The van der Waals surface area contributed by atoms with E-state index in [1.165, 1.54) is 0 Å². The van der Waals surface area contributed by atoms with Gasteiger partial charge in [-0.15, -0.1) is 24.0 Å². The van der Waals surface area contributed by atoms with Crippen LogP contribution in [0.3, 0.4) is 0 Å². The number of nitrogens with zero attached hydrogens (tertiary/aromatic N) is 3. The van der Waals surface area contributed by atoms with E-state index < -0.39 is 0 Å². The van der Waals surface area contributed by atoms with E-state index in [1.54, 1.807) is 19.3 Å². The van der Waals surface area contributed by atoms with E-state index >= 15 is 0 Å². The van der Waals surface area contributed by atoms with E-state index in [4.69, 9.17) is 4.74 Å². The number of ether oxygens (including phenoxy) is 1. The van der Waals surface area contributed by atoms with Crippen molar-refractivity contribution in [1.29, 1.82) is 0 Å². The Balaban J connectivity index is 0.00000300. The van der Waals surface area contributed by atoms with Crippen LogP contribution in [0.4, 0.5) is 0 Å². The van der Waals surface area contributed by atoms with Crippen LogP contribution in [0.15, 0.2) is 84.6 Å². The third kappa shape index (κ3) is 6.63. The molecule has 0 unspecified atom stereocenters. The fraction of sp³-hybridized carbons (Fsp3) is 0.182. The maximum absolute atomic E-state index is 5.70. The van der Waals surface area contributed by atoms with E-state index in [-0.39, 0.29) is 24.0 Å². The monoisotopic (exact) mass is 503 g/mol. The van der Waals surface area contributed by atoms with Crippen molar-refractivity contribution in [3.8, 4) is 11.4 Å². The predicted octanol–water partition coefficient (Wildman–Crippen LogP) is 3.92. The zero-order valence-corrected chi connectivity index (χ0v) is 18.7. The number of halogens is 1. The second-order valence-corrected chi connectivity index (χ2v) is 6.10. The Morgan fingerprint density at radius 1 is 1.10 bits per heavy atom. The van der Waals surface area contributed by atoms with E-state index in [0.29, 0.717) is 19.7 Å². The highest BCUT2D eigenvalue weighted by atomic mass is 127. The van der Waals surface area contributed by atoms with Gasteiger partial charge < -0.3 is 15.4 Å². The molecule has 1 aromatic heterocycles. The number of hydrogen-bond acceptors (Lipinski definition) is 3. The molecule has 29 heavy (non-hydrogen) atoms. The lowest BCUT2D eigenvalue weighted by atomic mass is 10.2. The summed E-state index contributed by atoms with van der Waals surface area (Å²) in [6, 6.07) is 18.1. The Morgan fingerprint density at radius 3 is 2.55 bits per heavy atom. The van der Waals surface area contributed by atoms with Gasteiger partial charge in [-0.3, -0.25) is 4.99 Å². The molecule has 7 heteroatoms. The minimum atomic E-state index is 0. The van der Waals surface area contributed by atoms with Crippen molar-refractivity contribution < 1.29 is 4.74 Å². The first kappa shape index (κ1) is 22.5. The number of benzene rings is 2. The van der Waals surface area contributed by atoms with Crippen molar-refractivity contribution in [1.82, 2.24) is 20.4 Å². The molecule has 0 atom stereocenters. The molecule has 0 aliphatic rings. The Morgan fingerprint density at radius 2 is 1.86 bits per heavy atom. The molecule has 0 amide bonds. The molecule has 0 bridgehead atoms. The van der Waals surface area contributed by atoms with Gasteiger partial charge in [-0.05, 0) is 29.8 Å². The molecule has 152 valence electrons. The zero-order valence-electron chi connectivity index (χ0n) is 16.4. The van der Waals surface area contributed by atoms with Crippen molar-refractivity contribution in [3.63, 3.8) is 0 Å². The van der Waals surface area contributed by atoms with Gasteiger partial charge in [0.25, 0.3) is 0 Å². The summed E-state index contributed by atoms with van der Waals surface area (Å²) in [4.78, 5) is 4.29. The van der Waals surface area contributed by atoms with Crippen molar-refractivity contribution in [2.24, 2.45) is 4.99 Å². The van der Waals surface area contributed by atoms with Crippen LogP contribution in [0.2, 0.25) is 0 Å². The molecular weight excluding hydrogens is 477 g/mol. The Hall–Kier alpha value is -2.81. The molecule has 0 aliphatic heterocycles. The lowest BCUT2D eigenvalue weighted by Crippen LogP contribution is -2.36. The first-order valence-corrected chi connectivity index (χ1v) is 9.15. The van der Waals surface area contributed by atoms with Gasteiger partial charge in [0, 0.05) is 38.1 Å². The van der Waals surface area contributed by atoms with Crippen molar-refractivity contribution in [3.05, 3.63) is 90.8 Å². The smallest absolute Gasteiger partial charge is 0.191 e. The summed E-state index contributed by atoms with van der Waals surface area (Å²) < 4.78 is 7.53. The summed E-state index contributed by atoms with van der Waals surface area (Å²) in [5, 5.41) is 10.9. The Labute approximate surface area is 188 Å². The average Bonchev–Trinajstić information content (AvgIpc) is 3.28. The van der Waals surface area contributed by atoms with Gasteiger partial charge >= 0.3 is 0 Å². The largest absolute Gasteiger partial charge is 0.489 e. The Bertz CT molecular complexity index is 907. The molecule has 2 N–H and O–H groups in total. The molecule has 3 aromatic rings. The number of hydrogen-bond donors (Lipinski definition) is 2. The number of guanidine groups is 1. The lowest BCUT2D eigenvalue weighted by Gasteiger charge is -2.14. The van der Waals surface area contributed by atoms with E-state index in [0.717, 1.165) is 28.5 Å². The molecule has 2 aromatic carbocycles. The summed E-state index contributed by atoms with van der Waals surface area (Å²) in [5.74, 6) is 1.58. The maximum atomic E-state index is 5.70. The molecule has 0 radical (unpaired) electrons. The van der Waals surface area contributed by atoms with Crippen molar-refractivity contribution in [2.45, 2.75) is 13.1 Å². The number of rotatable bonds is 8. The van der Waals surface area contributed by atoms with E-state index in [9.17, 15) is 0 Å². The fourth-order valence-corrected chi connectivity index (χ4v) is 2.71. The van der Waals surface area contributed by atoms with E-state index in [2.05, 4.69) is 39.4 Å². The summed E-state index contributed by atoms with van der Waals surface area (Å²) in [6.07, 6.45) is 5.43. The first-order chi connectivity index (χ1) is 13.8.